The summed E-state index contributed by atoms with van der Waals surface area (Å²) in [6.45, 7) is 1.39. The van der Waals surface area contributed by atoms with Gasteiger partial charge in [0.2, 0.25) is 0 Å². The summed E-state index contributed by atoms with van der Waals surface area (Å²) in [5.74, 6) is 0. The molecule has 0 amide bonds. The van der Waals surface area contributed by atoms with E-state index in [-0.39, 0.29) is 6.61 Å². The third kappa shape index (κ3) is 1.60. The van der Waals surface area contributed by atoms with Crippen molar-refractivity contribution in [3.63, 3.8) is 0 Å². The molecule has 0 spiro atoms. The van der Waals surface area contributed by atoms with Gasteiger partial charge < -0.3 is 25.8 Å². The topological polar surface area (TPSA) is 95.9 Å². The van der Waals surface area contributed by atoms with Crippen LogP contribution >= 0.6 is 0 Å². The lowest BCUT2D eigenvalue weighted by atomic mass is 9.94. The minimum absolute atomic E-state index is 0.241. The van der Waals surface area contributed by atoms with Gasteiger partial charge in [0.25, 0.3) is 0 Å². The highest BCUT2D eigenvalue weighted by Crippen LogP contribution is 2.18. The highest BCUT2D eigenvalue weighted by Gasteiger charge is 2.39. The van der Waals surface area contributed by atoms with Gasteiger partial charge in [0.1, 0.15) is 12.2 Å². The standard InChI is InChI=1S/C7H15NO4/c1-3-6(10)7(11)5(8)4(2-9)12-3/h3-7,9-11H,2,8H2,1H3/t3-,4+,5+,6-,7-/m0/s1. The van der Waals surface area contributed by atoms with Crippen LogP contribution in [0.15, 0.2) is 0 Å². The monoisotopic (exact) mass is 177 g/mol. The molecular formula is C7H15NO4. The smallest absolute Gasteiger partial charge is 0.107 e. The Hall–Kier alpha value is -0.200. The fraction of sp³-hybridized carbons (Fsp3) is 1.00. The molecule has 5 atom stereocenters. The molecule has 1 aliphatic heterocycles. The first-order chi connectivity index (χ1) is 5.57. The molecule has 5 nitrogen and oxygen atoms in total. The van der Waals surface area contributed by atoms with Gasteiger partial charge in [-0.15, -0.1) is 0 Å². The third-order valence-electron chi connectivity index (χ3n) is 2.22. The molecule has 0 radical (unpaired) electrons. The van der Waals surface area contributed by atoms with Gasteiger partial charge in [-0.05, 0) is 6.92 Å². The molecule has 1 heterocycles. The van der Waals surface area contributed by atoms with Crippen molar-refractivity contribution in [3.05, 3.63) is 0 Å². The van der Waals surface area contributed by atoms with E-state index in [0.29, 0.717) is 0 Å². The number of aliphatic hydroxyl groups is 3. The first-order valence-corrected chi connectivity index (χ1v) is 3.96. The van der Waals surface area contributed by atoms with Crippen LogP contribution in [-0.2, 0) is 4.74 Å². The Morgan fingerprint density at radius 1 is 1.33 bits per heavy atom. The summed E-state index contributed by atoms with van der Waals surface area (Å²) in [6.07, 6.45) is -3.07. The van der Waals surface area contributed by atoms with Crippen LogP contribution in [0.2, 0.25) is 0 Å². The fourth-order valence-electron chi connectivity index (χ4n) is 1.34. The Balaban J connectivity index is 2.63. The van der Waals surface area contributed by atoms with Crippen molar-refractivity contribution in [2.45, 2.75) is 37.4 Å². The van der Waals surface area contributed by atoms with Crippen molar-refractivity contribution >= 4 is 0 Å². The van der Waals surface area contributed by atoms with Crippen molar-refractivity contribution in [2.75, 3.05) is 6.61 Å². The molecule has 72 valence electrons. The van der Waals surface area contributed by atoms with Gasteiger partial charge in [-0.2, -0.15) is 0 Å². The summed E-state index contributed by atoms with van der Waals surface area (Å²) in [6, 6.07) is -0.721. The molecule has 1 fully saturated rings. The zero-order valence-corrected chi connectivity index (χ0v) is 6.92. The molecule has 12 heavy (non-hydrogen) atoms. The molecule has 1 aliphatic rings. The van der Waals surface area contributed by atoms with Crippen molar-refractivity contribution in [2.24, 2.45) is 5.73 Å². The maximum Gasteiger partial charge on any atom is 0.107 e. The van der Waals surface area contributed by atoms with E-state index < -0.39 is 30.5 Å². The van der Waals surface area contributed by atoms with E-state index in [4.69, 9.17) is 15.6 Å². The van der Waals surface area contributed by atoms with Gasteiger partial charge in [0.05, 0.1) is 24.9 Å². The van der Waals surface area contributed by atoms with E-state index in [0.717, 1.165) is 0 Å². The Labute approximate surface area is 70.8 Å². The van der Waals surface area contributed by atoms with Crippen LogP contribution < -0.4 is 5.73 Å². The Kier molecular flexibility index (Phi) is 3.03. The van der Waals surface area contributed by atoms with E-state index in [1.165, 1.54) is 0 Å². The number of rotatable bonds is 1. The van der Waals surface area contributed by atoms with Crippen LogP contribution in [0, 0.1) is 0 Å². The second-order valence-corrected chi connectivity index (χ2v) is 3.12. The van der Waals surface area contributed by atoms with Crippen molar-refractivity contribution in [3.8, 4) is 0 Å². The first kappa shape index (κ1) is 9.88. The van der Waals surface area contributed by atoms with Gasteiger partial charge in [-0.1, -0.05) is 0 Å². The van der Waals surface area contributed by atoms with Gasteiger partial charge >= 0.3 is 0 Å². The third-order valence-corrected chi connectivity index (χ3v) is 2.22. The van der Waals surface area contributed by atoms with Crippen LogP contribution in [0.1, 0.15) is 6.92 Å². The number of hydrogen-bond acceptors (Lipinski definition) is 5. The molecule has 1 saturated heterocycles. The number of ether oxygens (including phenoxy) is 1. The number of nitrogens with two attached hydrogens (primary N) is 1. The summed E-state index contributed by atoms with van der Waals surface area (Å²) < 4.78 is 5.15. The zero-order chi connectivity index (χ0) is 9.30. The summed E-state index contributed by atoms with van der Waals surface area (Å²) in [7, 11) is 0. The summed E-state index contributed by atoms with van der Waals surface area (Å²) in [5.41, 5.74) is 5.49. The maximum absolute atomic E-state index is 9.35. The lowest BCUT2D eigenvalue weighted by Gasteiger charge is -2.39. The van der Waals surface area contributed by atoms with Crippen molar-refractivity contribution in [1.29, 1.82) is 0 Å². The Morgan fingerprint density at radius 2 is 1.92 bits per heavy atom. The average molecular weight is 177 g/mol. The van der Waals surface area contributed by atoms with Gasteiger partial charge in [0.15, 0.2) is 0 Å². The quantitative estimate of drug-likeness (QED) is 0.365. The second kappa shape index (κ2) is 3.68. The molecule has 0 bridgehead atoms. The number of hydrogen-bond donors (Lipinski definition) is 4. The molecule has 0 aromatic rings. The van der Waals surface area contributed by atoms with Crippen LogP contribution in [0.3, 0.4) is 0 Å². The predicted octanol–water partition coefficient (Wildman–Crippen LogP) is -2.18. The first-order valence-electron chi connectivity index (χ1n) is 3.96. The second-order valence-electron chi connectivity index (χ2n) is 3.12. The highest BCUT2D eigenvalue weighted by molar-refractivity contribution is 4.92. The van der Waals surface area contributed by atoms with Gasteiger partial charge in [-0.25, -0.2) is 0 Å². The zero-order valence-electron chi connectivity index (χ0n) is 6.92. The van der Waals surface area contributed by atoms with E-state index >= 15 is 0 Å². The lowest BCUT2D eigenvalue weighted by Crippen LogP contribution is -2.61. The van der Waals surface area contributed by atoms with E-state index in [9.17, 15) is 10.2 Å². The Bertz CT molecular complexity index is 150. The molecule has 5 N–H and O–H groups in total. The van der Waals surface area contributed by atoms with E-state index in [2.05, 4.69) is 0 Å². The summed E-state index contributed by atoms with van der Waals surface area (Å²) in [5, 5.41) is 27.4. The average Bonchev–Trinajstić information content (AvgIpc) is 2.08. The van der Waals surface area contributed by atoms with Crippen LogP contribution in [0.5, 0.6) is 0 Å². The SMILES string of the molecule is C[C@@H]1O[C@H](CO)[C@@H](N)[C@H](O)[C@H]1O. The van der Waals surface area contributed by atoms with Gasteiger partial charge in [0, 0.05) is 0 Å². The lowest BCUT2D eigenvalue weighted by molar-refractivity contribution is -0.180. The summed E-state index contributed by atoms with van der Waals surface area (Å²) in [4.78, 5) is 0. The molecule has 0 unspecified atom stereocenters. The van der Waals surface area contributed by atoms with Crippen LogP contribution in [0.4, 0.5) is 0 Å². The molecule has 0 aliphatic carbocycles. The van der Waals surface area contributed by atoms with Crippen molar-refractivity contribution < 1.29 is 20.1 Å². The molecule has 0 saturated carbocycles. The van der Waals surface area contributed by atoms with E-state index in [1.807, 2.05) is 0 Å². The number of aliphatic hydroxyl groups excluding tert-OH is 3. The van der Waals surface area contributed by atoms with Gasteiger partial charge in [-0.3, -0.25) is 0 Å². The normalized spacial score (nSPS) is 49.2. The van der Waals surface area contributed by atoms with Crippen LogP contribution in [-0.4, -0.2) is 52.4 Å². The molecule has 0 aromatic heterocycles. The maximum atomic E-state index is 9.35. The van der Waals surface area contributed by atoms with E-state index in [1.54, 1.807) is 6.92 Å². The van der Waals surface area contributed by atoms with Crippen molar-refractivity contribution in [1.82, 2.24) is 0 Å². The molecular weight excluding hydrogens is 162 g/mol. The van der Waals surface area contributed by atoms with Crippen LogP contribution in [0.25, 0.3) is 0 Å². The predicted molar refractivity (Wildman–Crippen MR) is 41.4 cm³/mol. The molecule has 0 aromatic carbocycles. The molecule has 5 heteroatoms. The largest absolute Gasteiger partial charge is 0.394 e. The highest BCUT2D eigenvalue weighted by atomic mass is 16.5. The summed E-state index contributed by atoms with van der Waals surface area (Å²) >= 11 is 0. The Morgan fingerprint density at radius 3 is 2.42 bits per heavy atom. The molecule has 1 rings (SSSR count). The minimum Gasteiger partial charge on any atom is -0.394 e. The minimum atomic E-state index is -1.02. The fourth-order valence-corrected chi connectivity index (χ4v) is 1.34.